The van der Waals surface area contributed by atoms with Gasteiger partial charge in [-0.15, -0.1) is 0 Å². The van der Waals surface area contributed by atoms with Crippen molar-refractivity contribution in [1.82, 2.24) is 4.90 Å². The van der Waals surface area contributed by atoms with Crippen LogP contribution in [0, 0.1) is 29.1 Å². The Balaban J connectivity index is 1.37. The van der Waals surface area contributed by atoms with Crippen LogP contribution in [-0.2, 0) is 11.2 Å². The molecule has 5 nitrogen and oxygen atoms in total. The third-order valence-corrected chi connectivity index (χ3v) is 6.74. The Morgan fingerprint density at radius 3 is 2.32 bits per heavy atom. The molecule has 152 valence electrons. The first-order chi connectivity index (χ1) is 13.6. The largest absolute Gasteiger partial charge is 0.369 e. The predicted molar refractivity (Wildman–Crippen MR) is 113 cm³/mol. The summed E-state index contributed by atoms with van der Waals surface area (Å²) >= 11 is 0. The van der Waals surface area contributed by atoms with Crippen molar-refractivity contribution < 1.29 is 4.79 Å². The number of carbonyl (C=O) groups is 1. The lowest BCUT2D eigenvalue weighted by Crippen LogP contribution is -2.47. The second-order valence-electron chi connectivity index (χ2n) is 8.43. The predicted octanol–water partition coefficient (Wildman–Crippen LogP) is 3.19. The van der Waals surface area contributed by atoms with Gasteiger partial charge in [0.15, 0.2) is 0 Å². The van der Waals surface area contributed by atoms with E-state index in [1.165, 1.54) is 17.7 Å². The summed E-state index contributed by atoms with van der Waals surface area (Å²) in [6.07, 6.45) is 6.50. The fraction of sp³-hybridized carbons (Fsp3) is 0.652. The van der Waals surface area contributed by atoms with E-state index in [0.717, 1.165) is 70.7 Å². The average Bonchev–Trinajstić information content (AvgIpc) is 2.74. The summed E-state index contributed by atoms with van der Waals surface area (Å²) in [5.41, 5.74) is 8.11. The molecule has 1 aliphatic carbocycles. The number of anilines is 1. The van der Waals surface area contributed by atoms with E-state index in [9.17, 15) is 4.79 Å². The molecule has 1 saturated carbocycles. The maximum absolute atomic E-state index is 11.4. The molecule has 0 radical (unpaired) electrons. The second kappa shape index (κ2) is 9.93. The zero-order chi connectivity index (χ0) is 19.9. The topological polar surface area (TPSA) is 73.4 Å². The molecule has 1 atom stereocenters. The van der Waals surface area contributed by atoms with Crippen LogP contribution in [0.5, 0.6) is 0 Å². The van der Waals surface area contributed by atoms with Gasteiger partial charge in [0, 0.05) is 31.9 Å². The van der Waals surface area contributed by atoms with Crippen LogP contribution in [0.25, 0.3) is 0 Å². The summed E-state index contributed by atoms with van der Waals surface area (Å²) in [5.74, 6) is -0.155. The highest BCUT2D eigenvalue weighted by molar-refractivity contribution is 5.79. The first-order valence-electron chi connectivity index (χ1n) is 10.9. The number of rotatable bonds is 7. The Bertz CT molecular complexity index is 665. The fourth-order valence-electron chi connectivity index (χ4n) is 4.75. The molecule has 5 heteroatoms. The molecule has 0 bridgehead atoms. The summed E-state index contributed by atoms with van der Waals surface area (Å²) in [4.78, 5) is 16.5. The SMILES string of the molecule is CCc1ccc(N2CCN(CCC3CCC(C(C#N)C(N)=O)CC3)CC2)cc1. The number of nitriles is 1. The van der Waals surface area contributed by atoms with E-state index in [4.69, 9.17) is 11.0 Å². The molecule has 2 aliphatic rings. The zero-order valence-electron chi connectivity index (χ0n) is 17.1. The third kappa shape index (κ3) is 5.26. The van der Waals surface area contributed by atoms with Crippen LogP contribution in [0.15, 0.2) is 24.3 Å². The van der Waals surface area contributed by atoms with Gasteiger partial charge in [-0.1, -0.05) is 31.9 Å². The van der Waals surface area contributed by atoms with Gasteiger partial charge in [0.1, 0.15) is 5.92 Å². The lowest BCUT2D eigenvalue weighted by Gasteiger charge is -2.37. The molecule has 0 aromatic heterocycles. The standard InChI is InChI=1S/C23H34N4O/c1-2-18-5-9-21(10-6-18)27-15-13-26(14-16-27)12-11-19-3-7-20(8-4-19)22(17-24)23(25)28/h5-6,9-10,19-20,22H,2-4,7-8,11-16H2,1H3,(H2,25,28). The highest BCUT2D eigenvalue weighted by Crippen LogP contribution is 2.35. The monoisotopic (exact) mass is 382 g/mol. The molecule has 1 saturated heterocycles. The molecule has 28 heavy (non-hydrogen) atoms. The van der Waals surface area contributed by atoms with Crippen molar-refractivity contribution in [3.8, 4) is 6.07 Å². The van der Waals surface area contributed by atoms with Crippen molar-refractivity contribution in [2.24, 2.45) is 23.5 Å². The summed E-state index contributed by atoms with van der Waals surface area (Å²) in [6.45, 7) is 7.81. The van der Waals surface area contributed by atoms with E-state index in [0.29, 0.717) is 0 Å². The van der Waals surface area contributed by atoms with E-state index < -0.39 is 11.8 Å². The third-order valence-electron chi connectivity index (χ3n) is 6.74. The fourth-order valence-corrected chi connectivity index (χ4v) is 4.75. The van der Waals surface area contributed by atoms with E-state index in [1.54, 1.807) is 0 Å². The molecule has 2 fully saturated rings. The van der Waals surface area contributed by atoms with E-state index >= 15 is 0 Å². The molecule has 1 heterocycles. The number of carbonyl (C=O) groups excluding carboxylic acids is 1. The first-order valence-corrected chi connectivity index (χ1v) is 10.9. The average molecular weight is 383 g/mol. The van der Waals surface area contributed by atoms with Gasteiger partial charge < -0.3 is 10.6 Å². The smallest absolute Gasteiger partial charge is 0.235 e. The molecule has 1 aromatic carbocycles. The zero-order valence-corrected chi connectivity index (χ0v) is 17.1. The first kappa shape index (κ1) is 20.7. The molecule has 1 aliphatic heterocycles. The minimum absolute atomic E-state index is 0.168. The number of amides is 1. The van der Waals surface area contributed by atoms with Crippen LogP contribution in [0.3, 0.4) is 0 Å². The maximum Gasteiger partial charge on any atom is 0.235 e. The normalized spacial score (nSPS) is 24.5. The molecular formula is C23H34N4O. The minimum Gasteiger partial charge on any atom is -0.369 e. The molecule has 1 aromatic rings. The molecule has 0 spiro atoms. The highest BCUT2D eigenvalue weighted by Gasteiger charge is 2.31. The van der Waals surface area contributed by atoms with Crippen molar-refractivity contribution in [2.45, 2.75) is 45.4 Å². The van der Waals surface area contributed by atoms with Gasteiger partial charge >= 0.3 is 0 Å². The van der Waals surface area contributed by atoms with Crippen LogP contribution < -0.4 is 10.6 Å². The lowest BCUT2D eigenvalue weighted by molar-refractivity contribution is -0.122. The van der Waals surface area contributed by atoms with Crippen molar-refractivity contribution >= 4 is 11.6 Å². The van der Waals surface area contributed by atoms with Crippen LogP contribution in [0.1, 0.15) is 44.6 Å². The van der Waals surface area contributed by atoms with E-state index in [1.807, 2.05) is 0 Å². The minimum atomic E-state index is -0.597. The number of hydrogen-bond acceptors (Lipinski definition) is 4. The van der Waals surface area contributed by atoms with Gasteiger partial charge in [0.05, 0.1) is 6.07 Å². The number of benzene rings is 1. The summed E-state index contributed by atoms with van der Waals surface area (Å²) < 4.78 is 0. The quantitative estimate of drug-likeness (QED) is 0.786. The number of nitrogens with two attached hydrogens (primary N) is 1. The van der Waals surface area contributed by atoms with Gasteiger partial charge in [0.25, 0.3) is 0 Å². The van der Waals surface area contributed by atoms with Crippen molar-refractivity contribution in [2.75, 3.05) is 37.6 Å². The Morgan fingerprint density at radius 2 is 1.79 bits per heavy atom. The number of aryl methyl sites for hydroxylation is 1. The summed E-state index contributed by atoms with van der Waals surface area (Å²) in [6, 6.07) is 11.1. The van der Waals surface area contributed by atoms with Crippen molar-refractivity contribution in [1.29, 1.82) is 5.26 Å². The Hall–Kier alpha value is -2.06. The van der Waals surface area contributed by atoms with Crippen molar-refractivity contribution in [3.63, 3.8) is 0 Å². The van der Waals surface area contributed by atoms with Gasteiger partial charge in [0.2, 0.25) is 5.91 Å². The molecule has 3 rings (SSSR count). The molecular weight excluding hydrogens is 348 g/mol. The Morgan fingerprint density at radius 1 is 1.14 bits per heavy atom. The number of nitrogens with zero attached hydrogens (tertiary/aromatic N) is 3. The van der Waals surface area contributed by atoms with Crippen LogP contribution in [-0.4, -0.2) is 43.5 Å². The van der Waals surface area contributed by atoms with Crippen LogP contribution in [0.2, 0.25) is 0 Å². The molecule has 1 amide bonds. The maximum atomic E-state index is 11.4. The second-order valence-corrected chi connectivity index (χ2v) is 8.43. The summed E-state index contributed by atoms with van der Waals surface area (Å²) in [5, 5.41) is 9.16. The Labute approximate surface area is 169 Å². The summed E-state index contributed by atoms with van der Waals surface area (Å²) in [7, 11) is 0. The van der Waals surface area contributed by atoms with E-state index in [-0.39, 0.29) is 5.92 Å². The Kier molecular flexibility index (Phi) is 7.33. The number of hydrogen-bond donors (Lipinski definition) is 1. The van der Waals surface area contributed by atoms with Gasteiger partial charge in [-0.3, -0.25) is 9.69 Å². The number of primary amides is 1. The van der Waals surface area contributed by atoms with E-state index in [2.05, 4.69) is 47.1 Å². The number of piperazine rings is 1. The van der Waals surface area contributed by atoms with Gasteiger partial charge in [-0.25, -0.2) is 0 Å². The van der Waals surface area contributed by atoms with Crippen LogP contribution >= 0.6 is 0 Å². The van der Waals surface area contributed by atoms with Crippen LogP contribution in [0.4, 0.5) is 5.69 Å². The highest BCUT2D eigenvalue weighted by atomic mass is 16.1. The van der Waals surface area contributed by atoms with Crippen molar-refractivity contribution in [3.05, 3.63) is 29.8 Å². The van der Waals surface area contributed by atoms with Gasteiger partial charge in [-0.05, 0) is 61.8 Å². The van der Waals surface area contributed by atoms with Gasteiger partial charge in [-0.2, -0.15) is 5.26 Å². The molecule has 1 unspecified atom stereocenters. The lowest BCUT2D eigenvalue weighted by atomic mass is 9.75. The molecule has 2 N–H and O–H groups in total.